The zero-order chi connectivity index (χ0) is 16.4. The maximum absolute atomic E-state index is 11.6. The van der Waals surface area contributed by atoms with Gasteiger partial charge in [0.05, 0.1) is 0 Å². The quantitative estimate of drug-likeness (QED) is 0.600. The van der Waals surface area contributed by atoms with Gasteiger partial charge in [-0.05, 0) is 26.2 Å². The average Bonchev–Trinajstić information content (AvgIpc) is 3.28. The number of hydrogen-bond donors (Lipinski definition) is 2. The molecule has 1 amide bonds. The predicted molar refractivity (Wildman–Crippen MR) is 86.8 cm³/mol. The van der Waals surface area contributed by atoms with Crippen LogP contribution in [-0.4, -0.2) is 57.2 Å². The lowest BCUT2D eigenvalue weighted by Crippen LogP contribution is -2.52. The normalized spacial score (nSPS) is 22.4. The van der Waals surface area contributed by atoms with E-state index in [0.29, 0.717) is 25.6 Å². The maximum atomic E-state index is 11.6. The molecular weight excluding hydrogens is 294 g/mol. The van der Waals surface area contributed by atoms with Crippen molar-refractivity contribution in [2.75, 3.05) is 13.6 Å². The lowest BCUT2D eigenvalue weighted by Gasteiger charge is -2.31. The number of rotatable bonds is 4. The minimum atomic E-state index is 0.214. The molecule has 1 unspecified atom stereocenters. The van der Waals surface area contributed by atoms with E-state index in [9.17, 15) is 4.79 Å². The highest BCUT2D eigenvalue weighted by Gasteiger charge is 2.26. The van der Waals surface area contributed by atoms with E-state index in [0.717, 1.165) is 24.0 Å². The summed E-state index contributed by atoms with van der Waals surface area (Å²) < 4.78 is 1.95. The Hall–Kier alpha value is -2.12. The van der Waals surface area contributed by atoms with Crippen LogP contribution in [0.25, 0.3) is 0 Å². The average molecular weight is 319 g/mol. The fourth-order valence-electron chi connectivity index (χ4n) is 2.62. The van der Waals surface area contributed by atoms with Crippen molar-refractivity contribution < 1.29 is 4.79 Å². The smallest absolute Gasteiger partial charge is 0.222 e. The number of likely N-dealkylation sites (N-methyl/N-ethyl adjacent to an activating group) is 1. The first-order valence-electron chi connectivity index (χ1n) is 8.19. The van der Waals surface area contributed by atoms with Crippen LogP contribution < -0.4 is 10.6 Å². The topological polar surface area (TPSA) is 87.4 Å². The second kappa shape index (κ2) is 6.55. The predicted octanol–water partition coefficient (Wildman–Crippen LogP) is -0.0581. The van der Waals surface area contributed by atoms with E-state index in [1.807, 2.05) is 25.6 Å². The summed E-state index contributed by atoms with van der Waals surface area (Å²) in [6.07, 6.45) is 3.81. The summed E-state index contributed by atoms with van der Waals surface area (Å²) in [7, 11) is 3.80. The van der Waals surface area contributed by atoms with E-state index in [4.69, 9.17) is 0 Å². The maximum Gasteiger partial charge on any atom is 0.222 e. The monoisotopic (exact) mass is 319 g/mol. The molecule has 0 bridgehead atoms. The molecule has 8 nitrogen and oxygen atoms in total. The molecule has 1 aromatic rings. The molecule has 2 aliphatic rings. The highest BCUT2D eigenvalue weighted by molar-refractivity contribution is 5.81. The number of carbonyl (C=O) groups is 1. The Bertz CT molecular complexity index is 605. The molecule has 2 fully saturated rings. The second-order valence-electron chi connectivity index (χ2n) is 6.46. The van der Waals surface area contributed by atoms with Gasteiger partial charge in [0.1, 0.15) is 12.4 Å². The summed E-state index contributed by atoms with van der Waals surface area (Å²) in [5, 5.41) is 15.1. The molecule has 1 aromatic heterocycles. The SMILES string of the molecule is Cc1nnc(CN=C(NC2CC2)NC2CCC(=O)N(C)C2)n1C. The van der Waals surface area contributed by atoms with Gasteiger partial charge >= 0.3 is 0 Å². The third-order valence-electron chi connectivity index (χ3n) is 4.45. The number of nitrogens with one attached hydrogen (secondary N) is 2. The fourth-order valence-corrected chi connectivity index (χ4v) is 2.62. The first kappa shape index (κ1) is 15.8. The number of amides is 1. The number of aromatic nitrogens is 3. The molecule has 8 heteroatoms. The lowest BCUT2D eigenvalue weighted by atomic mass is 10.1. The van der Waals surface area contributed by atoms with Crippen molar-refractivity contribution in [3.05, 3.63) is 11.6 Å². The van der Waals surface area contributed by atoms with E-state index in [2.05, 4.69) is 25.8 Å². The van der Waals surface area contributed by atoms with Gasteiger partial charge in [0.2, 0.25) is 5.91 Å². The molecule has 0 spiro atoms. The summed E-state index contributed by atoms with van der Waals surface area (Å²) in [5.74, 6) is 2.75. The molecule has 1 aliphatic heterocycles. The lowest BCUT2D eigenvalue weighted by molar-refractivity contribution is -0.132. The Morgan fingerprint density at radius 1 is 1.22 bits per heavy atom. The number of hydrogen-bond acceptors (Lipinski definition) is 4. The zero-order valence-electron chi connectivity index (χ0n) is 14.0. The molecule has 2 N–H and O–H groups in total. The van der Waals surface area contributed by atoms with Crippen LogP contribution in [0, 0.1) is 6.92 Å². The number of likely N-dealkylation sites (tertiary alicyclic amines) is 1. The summed E-state index contributed by atoms with van der Waals surface area (Å²) >= 11 is 0. The van der Waals surface area contributed by atoms with Gasteiger partial charge in [-0.25, -0.2) is 4.99 Å². The summed E-state index contributed by atoms with van der Waals surface area (Å²) in [5.41, 5.74) is 0. The molecule has 1 saturated heterocycles. The van der Waals surface area contributed by atoms with Crippen molar-refractivity contribution in [3.8, 4) is 0 Å². The number of piperidine rings is 1. The largest absolute Gasteiger partial charge is 0.354 e. The van der Waals surface area contributed by atoms with Crippen LogP contribution in [0.3, 0.4) is 0 Å². The van der Waals surface area contributed by atoms with E-state index in [1.165, 1.54) is 12.8 Å². The van der Waals surface area contributed by atoms with Gasteiger partial charge in [-0.15, -0.1) is 10.2 Å². The van der Waals surface area contributed by atoms with Gasteiger partial charge in [0.25, 0.3) is 0 Å². The van der Waals surface area contributed by atoms with Crippen molar-refractivity contribution in [3.63, 3.8) is 0 Å². The van der Waals surface area contributed by atoms with Gasteiger partial charge in [-0.2, -0.15) is 0 Å². The van der Waals surface area contributed by atoms with Crippen molar-refractivity contribution in [1.29, 1.82) is 0 Å². The number of aliphatic imine (C=N–C) groups is 1. The Balaban J connectivity index is 1.63. The van der Waals surface area contributed by atoms with E-state index in [-0.39, 0.29) is 11.9 Å². The highest BCUT2D eigenvalue weighted by Crippen LogP contribution is 2.18. The van der Waals surface area contributed by atoms with E-state index in [1.54, 1.807) is 4.90 Å². The first-order valence-corrected chi connectivity index (χ1v) is 8.19. The van der Waals surface area contributed by atoms with E-state index >= 15 is 0 Å². The molecule has 2 heterocycles. The second-order valence-corrected chi connectivity index (χ2v) is 6.46. The fraction of sp³-hybridized carbons (Fsp3) is 0.733. The zero-order valence-corrected chi connectivity index (χ0v) is 14.0. The van der Waals surface area contributed by atoms with Crippen molar-refractivity contribution >= 4 is 11.9 Å². The molecule has 0 aromatic carbocycles. The molecule has 1 saturated carbocycles. The standard InChI is InChI=1S/C15H25N7O/c1-10-19-20-13(22(10)3)8-16-15(17-11-4-5-11)18-12-6-7-14(23)21(2)9-12/h11-12H,4-9H2,1-3H3,(H2,16,17,18). The van der Waals surface area contributed by atoms with Gasteiger partial charge in [-0.3, -0.25) is 4.79 Å². The summed E-state index contributed by atoms with van der Waals surface area (Å²) in [6.45, 7) is 3.13. The molecule has 1 aliphatic carbocycles. The van der Waals surface area contributed by atoms with Gasteiger partial charge in [0, 0.05) is 39.1 Å². The molecule has 126 valence electrons. The molecule has 1 atom stereocenters. The third-order valence-corrected chi connectivity index (χ3v) is 4.45. The van der Waals surface area contributed by atoms with Crippen LogP contribution in [0.5, 0.6) is 0 Å². The van der Waals surface area contributed by atoms with Crippen LogP contribution in [0.2, 0.25) is 0 Å². The Kier molecular flexibility index (Phi) is 4.49. The molecule has 0 radical (unpaired) electrons. The minimum absolute atomic E-state index is 0.214. The summed E-state index contributed by atoms with van der Waals surface area (Å²) in [4.78, 5) is 18.0. The number of carbonyl (C=O) groups excluding carboxylic acids is 1. The molecule has 23 heavy (non-hydrogen) atoms. The van der Waals surface area contributed by atoms with Crippen LogP contribution in [-0.2, 0) is 18.4 Å². The van der Waals surface area contributed by atoms with Gasteiger partial charge < -0.3 is 20.1 Å². The Morgan fingerprint density at radius 3 is 2.57 bits per heavy atom. The number of guanidine groups is 1. The van der Waals surface area contributed by atoms with Crippen molar-refractivity contribution in [1.82, 2.24) is 30.3 Å². The minimum Gasteiger partial charge on any atom is -0.354 e. The van der Waals surface area contributed by atoms with Crippen LogP contribution >= 0.6 is 0 Å². The van der Waals surface area contributed by atoms with Crippen LogP contribution in [0.4, 0.5) is 0 Å². The molecule has 3 rings (SSSR count). The van der Waals surface area contributed by atoms with Gasteiger partial charge in [-0.1, -0.05) is 0 Å². The van der Waals surface area contributed by atoms with Crippen molar-refractivity contribution in [2.45, 2.75) is 51.2 Å². The summed E-state index contributed by atoms with van der Waals surface area (Å²) in [6, 6.07) is 0.759. The third kappa shape index (κ3) is 4.00. The van der Waals surface area contributed by atoms with Gasteiger partial charge in [0.15, 0.2) is 11.8 Å². The van der Waals surface area contributed by atoms with Crippen LogP contribution in [0.15, 0.2) is 4.99 Å². The van der Waals surface area contributed by atoms with Crippen molar-refractivity contribution in [2.24, 2.45) is 12.0 Å². The number of nitrogens with zero attached hydrogens (tertiary/aromatic N) is 5. The number of aryl methyl sites for hydroxylation is 1. The first-order chi connectivity index (χ1) is 11.0. The van der Waals surface area contributed by atoms with Crippen LogP contribution in [0.1, 0.15) is 37.3 Å². The van der Waals surface area contributed by atoms with E-state index < -0.39 is 0 Å². The highest BCUT2D eigenvalue weighted by atomic mass is 16.2. The molecular formula is C15H25N7O. The Labute approximate surface area is 136 Å². The Morgan fingerprint density at radius 2 is 1.96 bits per heavy atom.